The maximum atomic E-state index is 9.58. The Bertz CT molecular complexity index is 1050. The van der Waals surface area contributed by atoms with Gasteiger partial charge in [0.25, 0.3) is 0 Å². The summed E-state index contributed by atoms with van der Waals surface area (Å²) >= 11 is 0. The molecule has 2 aromatic carbocycles. The third kappa shape index (κ3) is 14.4. The van der Waals surface area contributed by atoms with Crippen LogP contribution in [-0.4, -0.2) is 97.8 Å². The normalized spacial score (nSPS) is 12.0. The third-order valence-corrected chi connectivity index (χ3v) is 14.2. The van der Waals surface area contributed by atoms with E-state index in [9.17, 15) is 10.2 Å². The quantitative estimate of drug-likeness (QED) is 0.0851. The molecule has 0 amide bonds. The van der Waals surface area contributed by atoms with Gasteiger partial charge in [0.05, 0.1) is 72.7 Å². The van der Waals surface area contributed by atoms with Crippen LogP contribution in [0.1, 0.15) is 58.2 Å². The van der Waals surface area contributed by atoms with E-state index in [0.717, 1.165) is 17.1 Å². The Morgan fingerprint density at radius 2 is 0.851 bits per heavy atom. The van der Waals surface area contributed by atoms with Gasteiger partial charge in [-0.15, -0.1) is 0 Å². The summed E-state index contributed by atoms with van der Waals surface area (Å²) in [5.74, 6) is 2.01. The van der Waals surface area contributed by atoms with Gasteiger partial charge >= 0.3 is 0 Å². The molecule has 0 spiro atoms. The van der Waals surface area contributed by atoms with E-state index in [2.05, 4.69) is 41.5 Å². The number of aliphatic hydroxyl groups is 2. The molecule has 0 aliphatic rings. The number of hydrogen-bond acceptors (Lipinski definition) is 10. The van der Waals surface area contributed by atoms with Gasteiger partial charge in [0, 0.05) is 11.1 Å². The molecule has 0 fully saturated rings. The van der Waals surface area contributed by atoms with E-state index in [1.54, 1.807) is 0 Å². The summed E-state index contributed by atoms with van der Waals surface area (Å²) in [6, 6.07) is 11.2. The van der Waals surface area contributed by atoms with Gasteiger partial charge in [0.15, 0.2) is 8.32 Å². The van der Waals surface area contributed by atoms with Crippen molar-refractivity contribution in [3.8, 4) is 17.2 Å². The van der Waals surface area contributed by atoms with Crippen LogP contribution < -0.4 is 14.2 Å². The minimum absolute atomic E-state index is 0.153. The van der Waals surface area contributed by atoms with Crippen molar-refractivity contribution in [2.24, 2.45) is 0 Å². The molecule has 0 atom stereocenters. The Hall–Kier alpha value is -2.22. The van der Waals surface area contributed by atoms with Crippen molar-refractivity contribution in [1.82, 2.24) is 0 Å². The molecule has 10 nitrogen and oxygen atoms in total. The third-order valence-electron chi connectivity index (χ3n) is 8.05. The standard InChI is InChI=1S/C36H60O10Si/c1-28(2)47(29(3)4,30(5)6)46-23-19-42-15-14-40-17-21-44-35-10-8-34(9-11-35)43-20-16-39-12-13-41-18-22-45-36-32(26-37)24-31(7)25-33(36)27-38/h8-11,24-25,28-30,37-38H,12-23,26-27H2,1-7H3. The average Bonchev–Trinajstić information content (AvgIpc) is 3.04. The number of rotatable bonds is 27. The van der Waals surface area contributed by atoms with Crippen LogP contribution in [-0.2, 0) is 36.6 Å². The predicted molar refractivity (Wildman–Crippen MR) is 186 cm³/mol. The Labute approximate surface area is 283 Å². The van der Waals surface area contributed by atoms with Gasteiger partial charge in [-0.1, -0.05) is 59.2 Å². The van der Waals surface area contributed by atoms with Gasteiger partial charge in [-0.05, 0) is 47.8 Å². The lowest BCUT2D eigenvalue weighted by molar-refractivity contribution is 0.0255. The molecule has 0 heterocycles. The zero-order valence-electron chi connectivity index (χ0n) is 29.8. The summed E-state index contributed by atoms with van der Waals surface area (Å²) < 4.78 is 46.3. The van der Waals surface area contributed by atoms with E-state index in [1.165, 1.54) is 0 Å². The van der Waals surface area contributed by atoms with E-state index in [-0.39, 0.29) is 13.2 Å². The molecule has 47 heavy (non-hydrogen) atoms. The first kappa shape index (κ1) is 40.9. The van der Waals surface area contributed by atoms with E-state index >= 15 is 0 Å². The molecule has 0 aliphatic carbocycles. The first-order valence-corrected chi connectivity index (χ1v) is 19.1. The number of benzene rings is 2. The number of aliphatic hydroxyl groups excluding tert-OH is 2. The molecule has 0 bridgehead atoms. The SMILES string of the molecule is Cc1cc(CO)c(OCCOCCOCCOc2ccc(OCCOCCOCCO[Si](C(C)C)(C(C)C)C(C)C)cc2)c(CO)c1. The van der Waals surface area contributed by atoms with Crippen molar-refractivity contribution < 1.29 is 47.8 Å². The summed E-state index contributed by atoms with van der Waals surface area (Å²) in [6.07, 6.45) is 0. The monoisotopic (exact) mass is 680 g/mol. The van der Waals surface area contributed by atoms with Gasteiger partial charge in [-0.3, -0.25) is 0 Å². The Morgan fingerprint density at radius 1 is 0.511 bits per heavy atom. The molecule has 268 valence electrons. The van der Waals surface area contributed by atoms with E-state index in [0.29, 0.717) is 113 Å². The van der Waals surface area contributed by atoms with Gasteiger partial charge in [0.2, 0.25) is 0 Å². The van der Waals surface area contributed by atoms with Gasteiger partial charge in [-0.25, -0.2) is 0 Å². The molecular formula is C36H60O10Si. The Kier molecular flexibility index (Phi) is 20.2. The zero-order chi connectivity index (χ0) is 34.5. The molecule has 0 saturated carbocycles. The van der Waals surface area contributed by atoms with Crippen LogP contribution in [0.2, 0.25) is 16.6 Å². The predicted octanol–water partition coefficient (Wildman–Crippen LogP) is 6.07. The molecule has 0 saturated heterocycles. The highest BCUT2D eigenvalue weighted by Crippen LogP contribution is 2.42. The van der Waals surface area contributed by atoms with Crippen molar-refractivity contribution >= 4 is 8.32 Å². The van der Waals surface area contributed by atoms with Crippen molar-refractivity contribution in [3.05, 3.63) is 53.1 Å². The Balaban J connectivity index is 1.45. The summed E-state index contributed by atoms with van der Waals surface area (Å²) in [7, 11) is -1.84. The van der Waals surface area contributed by atoms with Crippen LogP contribution in [0, 0.1) is 6.92 Å². The van der Waals surface area contributed by atoms with Crippen LogP contribution >= 0.6 is 0 Å². The van der Waals surface area contributed by atoms with Crippen LogP contribution in [0.3, 0.4) is 0 Å². The van der Waals surface area contributed by atoms with E-state index < -0.39 is 8.32 Å². The van der Waals surface area contributed by atoms with Crippen molar-refractivity contribution in [2.45, 2.75) is 78.3 Å². The number of aryl methyl sites for hydroxylation is 1. The van der Waals surface area contributed by atoms with Crippen LogP contribution in [0.5, 0.6) is 17.2 Å². The minimum atomic E-state index is -1.84. The summed E-state index contributed by atoms with van der Waals surface area (Å²) in [5, 5.41) is 19.2. The van der Waals surface area contributed by atoms with Gasteiger partial charge < -0.3 is 47.8 Å². The van der Waals surface area contributed by atoms with E-state index in [4.69, 9.17) is 37.6 Å². The first-order valence-electron chi connectivity index (χ1n) is 16.9. The molecule has 0 unspecified atom stereocenters. The molecule has 11 heteroatoms. The molecule has 0 aromatic heterocycles. The lowest BCUT2D eigenvalue weighted by Gasteiger charge is -2.42. The summed E-state index contributed by atoms with van der Waals surface area (Å²) in [5.41, 5.74) is 3.98. The smallest absolute Gasteiger partial charge is 0.200 e. The maximum Gasteiger partial charge on any atom is 0.200 e. The largest absolute Gasteiger partial charge is 0.491 e. The highest BCUT2D eigenvalue weighted by molar-refractivity contribution is 6.77. The highest BCUT2D eigenvalue weighted by atomic mass is 28.4. The van der Waals surface area contributed by atoms with Gasteiger partial charge in [-0.2, -0.15) is 0 Å². The van der Waals surface area contributed by atoms with Crippen molar-refractivity contribution in [2.75, 3.05) is 79.3 Å². The lowest BCUT2D eigenvalue weighted by Crippen LogP contribution is -2.48. The van der Waals surface area contributed by atoms with Crippen LogP contribution in [0.15, 0.2) is 36.4 Å². The summed E-state index contributed by atoms with van der Waals surface area (Å²) in [6.45, 7) is 21.0. The molecule has 0 aliphatic heterocycles. The molecular weight excluding hydrogens is 620 g/mol. The first-order chi connectivity index (χ1) is 22.6. The topological polar surface area (TPSA) is 114 Å². The second-order valence-electron chi connectivity index (χ2n) is 12.4. The van der Waals surface area contributed by atoms with E-state index in [1.807, 2.05) is 43.3 Å². The second-order valence-corrected chi connectivity index (χ2v) is 17.8. The number of ether oxygens (including phenoxy) is 7. The second kappa shape index (κ2) is 23.2. The van der Waals surface area contributed by atoms with Crippen molar-refractivity contribution in [1.29, 1.82) is 0 Å². The van der Waals surface area contributed by atoms with Crippen LogP contribution in [0.4, 0.5) is 0 Å². The lowest BCUT2D eigenvalue weighted by atomic mass is 10.1. The summed E-state index contributed by atoms with van der Waals surface area (Å²) in [4.78, 5) is 0. The average molecular weight is 681 g/mol. The molecule has 2 N–H and O–H groups in total. The van der Waals surface area contributed by atoms with Gasteiger partial charge in [0.1, 0.15) is 37.1 Å². The fourth-order valence-electron chi connectivity index (χ4n) is 6.04. The zero-order valence-corrected chi connectivity index (χ0v) is 30.8. The molecule has 2 rings (SSSR count). The fraction of sp³-hybridized carbons (Fsp3) is 0.667. The van der Waals surface area contributed by atoms with Crippen molar-refractivity contribution in [3.63, 3.8) is 0 Å². The fourth-order valence-corrected chi connectivity index (χ4v) is 11.5. The highest BCUT2D eigenvalue weighted by Gasteiger charge is 2.44. The minimum Gasteiger partial charge on any atom is -0.491 e. The Morgan fingerprint density at radius 3 is 1.21 bits per heavy atom. The van der Waals surface area contributed by atoms with Crippen LogP contribution in [0.25, 0.3) is 0 Å². The maximum absolute atomic E-state index is 9.58. The molecule has 2 aromatic rings. The number of hydrogen-bond donors (Lipinski definition) is 2. The molecule has 0 radical (unpaired) electrons.